The van der Waals surface area contributed by atoms with Crippen LogP contribution in [0.1, 0.15) is 11.1 Å². The van der Waals surface area contributed by atoms with Gasteiger partial charge in [0.2, 0.25) is 0 Å². The molecule has 10 rings (SSSR count). The van der Waals surface area contributed by atoms with Crippen LogP contribution in [0.2, 0.25) is 0 Å². The average molecular weight is 769 g/mol. The Balaban J connectivity index is 1.14. The lowest BCUT2D eigenvalue weighted by Crippen LogP contribution is -2.20. The van der Waals surface area contributed by atoms with E-state index in [0.29, 0.717) is 0 Å². The zero-order valence-electron chi connectivity index (χ0n) is 30.6. The third-order valence-corrected chi connectivity index (χ3v) is 13.4. The second kappa shape index (κ2) is 15.2. The first-order valence-corrected chi connectivity index (χ1v) is 21.2. The Morgan fingerprint density at radius 1 is 0.357 bits per heavy atom. The molecule has 0 radical (unpaired) electrons. The van der Waals surface area contributed by atoms with Gasteiger partial charge in [-0.3, -0.25) is 9.34 Å². The van der Waals surface area contributed by atoms with E-state index in [-0.39, 0.29) is 0 Å². The van der Waals surface area contributed by atoms with Crippen molar-refractivity contribution in [3.8, 4) is 34.1 Å². The summed E-state index contributed by atoms with van der Waals surface area (Å²) in [4.78, 5) is 0. The van der Waals surface area contributed by atoms with Crippen molar-refractivity contribution >= 4 is 50.0 Å². The highest BCUT2D eigenvalue weighted by Crippen LogP contribution is 2.56. The standard InChI is InChI=1S/C48H38N2O4P2/c1-3-19-39(20-4-1)51-55(49-33-31-37-17-9-13-25-43(37)49)53-45-29-27-35-15-7-11-23-41(35)47(45)48-42-24-12-8-16-36(42)28-30-46(48)54-56(52-40-21-5-2-6-22-40)50-34-32-38-18-10-14-26-44(38)50/h1-30H,31-34H2. The maximum absolute atomic E-state index is 7.28. The fourth-order valence-electron chi connectivity index (χ4n) is 7.70. The monoisotopic (exact) mass is 768 g/mol. The largest absolute Gasteiger partial charge is 0.423 e. The minimum absolute atomic E-state index is 0.719. The molecule has 274 valence electrons. The molecule has 2 aliphatic rings. The van der Waals surface area contributed by atoms with Gasteiger partial charge in [0.1, 0.15) is 23.0 Å². The maximum Gasteiger partial charge on any atom is 0.417 e. The first kappa shape index (κ1) is 34.4. The van der Waals surface area contributed by atoms with E-state index in [2.05, 4.69) is 131 Å². The molecule has 0 amide bonds. The van der Waals surface area contributed by atoms with Crippen LogP contribution in [0, 0.1) is 0 Å². The molecule has 2 atom stereocenters. The normalized spacial score (nSPS) is 14.3. The average Bonchev–Trinajstić information content (AvgIpc) is 3.89. The first-order chi connectivity index (χ1) is 27.8. The molecule has 0 fully saturated rings. The van der Waals surface area contributed by atoms with Crippen LogP contribution < -0.4 is 27.4 Å². The Bertz CT molecular complexity index is 2480. The minimum atomic E-state index is -1.64. The molecule has 0 aliphatic carbocycles. The number of nitrogens with zero attached hydrogens (tertiary/aromatic N) is 2. The lowest BCUT2D eigenvalue weighted by Gasteiger charge is -2.30. The van der Waals surface area contributed by atoms with Crippen LogP contribution in [0.3, 0.4) is 0 Å². The summed E-state index contributed by atoms with van der Waals surface area (Å²) < 4.78 is 32.8. The number of para-hydroxylation sites is 4. The van der Waals surface area contributed by atoms with Crippen molar-refractivity contribution in [1.29, 1.82) is 0 Å². The number of hydrogen-bond acceptors (Lipinski definition) is 6. The number of benzene rings is 8. The summed E-state index contributed by atoms with van der Waals surface area (Å²) in [6.07, 6.45) is 1.85. The predicted octanol–water partition coefficient (Wildman–Crippen LogP) is 13.2. The van der Waals surface area contributed by atoms with E-state index in [1.165, 1.54) is 11.1 Å². The Morgan fingerprint density at radius 2 is 0.750 bits per heavy atom. The summed E-state index contributed by atoms with van der Waals surface area (Å²) in [5.41, 5.74) is 6.75. The summed E-state index contributed by atoms with van der Waals surface area (Å²) in [5, 5.41) is 4.32. The van der Waals surface area contributed by atoms with Crippen molar-refractivity contribution < 1.29 is 18.1 Å². The molecule has 0 saturated heterocycles. The molecule has 0 bridgehead atoms. The topological polar surface area (TPSA) is 43.4 Å². The van der Waals surface area contributed by atoms with Crippen LogP contribution in [0.25, 0.3) is 32.7 Å². The third kappa shape index (κ3) is 6.66. The van der Waals surface area contributed by atoms with Gasteiger partial charge in [-0.1, -0.05) is 133 Å². The zero-order valence-corrected chi connectivity index (χ0v) is 32.4. The molecule has 8 aromatic rings. The van der Waals surface area contributed by atoms with E-state index in [1.54, 1.807) is 0 Å². The summed E-state index contributed by atoms with van der Waals surface area (Å²) in [6.45, 7) is 1.59. The molecule has 0 aromatic heterocycles. The van der Waals surface area contributed by atoms with E-state index in [9.17, 15) is 0 Å². The van der Waals surface area contributed by atoms with Gasteiger partial charge in [-0.05, 0) is 94.0 Å². The van der Waals surface area contributed by atoms with Crippen LogP contribution in [0.4, 0.5) is 11.4 Å². The summed E-state index contributed by atoms with van der Waals surface area (Å²) in [5.74, 6) is 2.95. The molecule has 56 heavy (non-hydrogen) atoms. The van der Waals surface area contributed by atoms with Crippen molar-refractivity contribution in [2.24, 2.45) is 0 Å². The van der Waals surface area contributed by atoms with Gasteiger partial charge in [0.05, 0.1) is 0 Å². The fourth-order valence-corrected chi connectivity index (χ4v) is 10.7. The first-order valence-electron chi connectivity index (χ1n) is 18.9. The van der Waals surface area contributed by atoms with Crippen molar-refractivity contribution in [2.75, 3.05) is 22.4 Å². The Labute approximate surface area is 329 Å². The number of anilines is 2. The van der Waals surface area contributed by atoms with Gasteiger partial charge >= 0.3 is 17.1 Å². The van der Waals surface area contributed by atoms with Gasteiger partial charge in [-0.15, -0.1) is 0 Å². The van der Waals surface area contributed by atoms with Crippen LogP contribution >= 0.6 is 17.1 Å². The molecule has 0 N–H and O–H groups in total. The smallest absolute Gasteiger partial charge is 0.417 e. The molecule has 6 nitrogen and oxygen atoms in total. The number of fused-ring (bicyclic) bond motifs is 4. The van der Waals surface area contributed by atoms with Gasteiger partial charge in [0.15, 0.2) is 0 Å². The second-order valence-electron chi connectivity index (χ2n) is 13.8. The molecule has 2 heterocycles. The quantitative estimate of drug-likeness (QED) is 0.122. The molecule has 0 saturated carbocycles. The van der Waals surface area contributed by atoms with Gasteiger partial charge in [0, 0.05) is 35.6 Å². The van der Waals surface area contributed by atoms with E-state index in [0.717, 1.165) is 93.0 Å². The lowest BCUT2D eigenvalue weighted by atomic mass is 9.92. The van der Waals surface area contributed by atoms with Crippen molar-refractivity contribution in [3.05, 3.63) is 193 Å². The van der Waals surface area contributed by atoms with Crippen molar-refractivity contribution in [1.82, 2.24) is 0 Å². The molecule has 8 aromatic carbocycles. The van der Waals surface area contributed by atoms with E-state index < -0.39 is 17.1 Å². The van der Waals surface area contributed by atoms with Crippen LogP contribution in [-0.2, 0) is 12.8 Å². The Hall–Kier alpha value is -6.06. The van der Waals surface area contributed by atoms with Gasteiger partial charge in [0.25, 0.3) is 0 Å². The molecular weight excluding hydrogens is 730 g/mol. The molecular formula is C48H38N2O4P2. The third-order valence-electron chi connectivity index (χ3n) is 10.4. The zero-order chi connectivity index (χ0) is 37.3. The summed E-state index contributed by atoms with van der Waals surface area (Å²) in [7, 11) is -3.28. The van der Waals surface area contributed by atoms with Crippen molar-refractivity contribution in [3.63, 3.8) is 0 Å². The summed E-state index contributed by atoms with van der Waals surface area (Å²) >= 11 is 0. The van der Waals surface area contributed by atoms with Crippen LogP contribution in [0.5, 0.6) is 23.0 Å². The predicted molar refractivity (Wildman–Crippen MR) is 231 cm³/mol. The SMILES string of the molecule is c1ccc(OP(Oc2ccc3ccccc3c2-c2c(OP(Oc3ccccc3)N3CCc4ccccc43)ccc3ccccc23)N2CCc3ccccc32)cc1. The Morgan fingerprint density at radius 3 is 1.21 bits per heavy atom. The molecule has 2 unspecified atom stereocenters. The van der Waals surface area contributed by atoms with Crippen LogP contribution in [0.15, 0.2) is 182 Å². The Kier molecular flexibility index (Phi) is 9.36. The van der Waals surface area contributed by atoms with Crippen molar-refractivity contribution in [2.45, 2.75) is 12.8 Å². The van der Waals surface area contributed by atoms with Gasteiger partial charge < -0.3 is 18.1 Å². The maximum atomic E-state index is 7.28. The lowest BCUT2D eigenvalue weighted by molar-refractivity contribution is 0.482. The minimum Gasteiger partial charge on any atom is -0.423 e. The van der Waals surface area contributed by atoms with E-state index in [4.69, 9.17) is 18.1 Å². The molecule has 2 aliphatic heterocycles. The van der Waals surface area contributed by atoms with Gasteiger partial charge in [-0.2, -0.15) is 0 Å². The highest BCUT2D eigenvalue weighted by molar-refractivity contribution is 7.50. The molecule has 0 spiro atoms. The number of hydrogen-bond donors (Lipinski definition) is 0. The highest BCUT2D eigenvalue weighted by Gasteiger charge is 2.35. The van der Waals surface area contributed by atoms with Gasteiger partial charge in [-0.25, -0.2) is 0 Å². The van der Waals surface area contributed by atoms with Crippen LogP contribution in [-0.4, -0.2) is 13.1 Å². The van der Waals surface area contributed by atoms with E-state index in [1.807, 2.05) is 60.7 Å². The summed E-state index contributed by atoms with van der Waals surface area (Å²) in [6, 6.07) is 62.5. The molecule has 8 heteroatoms. The fraction of sp³-hybridized carbons (Fsp3) is 0.0833. The van der Waals surface area contributed by atoms with E-state index >= 15 is 0 Å². The highest BCUT2D eigenvalue weighted by atomic mass is 31.2. The number of rotatable bonds is 11. The second-order valence-corrected chi connectivity index (χ2v) is 16.4.